The van der Waals surface area contributed by atoms with Crippen molar-refractivity contribution in [2.24, 2.45) is 5.92 Å². The largest absolute Gasteiger partial charge is 0.469 e. The van der Waals surface area contributed by atoms with E-state index in [0.717, 1.165) is 24.0 Å². The number of hydrogen-bond donors (Lipinski definition) is 0. The zero-order valence-electron chi connectivity index (χ0n) is 15.5. The Balaban J connectivity index is 1.67. The molecule has 0 saturated carbocycles. The fraction of sp³-hybridized carbons (Fsp3) is 0.409. The third-order valence-corrected chi connectivity index (χ3v) is 5.57. The van der Waals surface area contributed by atoms with Gasteiger partial charge in [-0.15, -0.1) is 0 Å². The molecule has 148 valence electrons. The maximum Gasteiger partial charge on any atom is 0.313 e. The zero-order valence-corrected chi connectivity index (χ0v) is 15.5. The second-order valence-electron chi connectivity index (χ2n) is 7.32. The maximum atomic E-state index is 13.4. The normalized spacial score (nSPS) is 26.4. The molecule has 4 atom stereocenters. The fourth-order valence-electron chi connectivity index (χ4n) is 4.20. The van der Waals surface area contributed by atoms with E-state index in [0.29, 0.717) is 6.42 Å². The summed E-state index contributed by atoms with van der Waals surface area (Å²) in [5, 5.41) is 0. The average molecular weight is 388 g/mol. The van der Waals surface area contributed by atoms with Gasteiger partial charge in [-0.2, -0.15) is 0 Å². The predicted molar refractivity (Wildman–Crippen MR) is 97.5 cm³/mol. The van der Waals surface area contributed by atoms with Crippen molar-refractivity contribution in [1.29, 1.82) is 0 Å². The van der Waals surface area contributed by atoms with Crippen LogP contribution in [-0.2, 0) is 19.0 Å². The molecule has 28 heavy (non-hydrogen) atoms. The highest BCUT2D eigenvalue weighted by atomic mass is 19.1. The van der Waals surface area contributed by atoms with Gasteiger partial charge in [0.15, 0.2) is 0 Å². The van der Waals surface area contributed by atoms with Crippen molar-refractivity contribution in [3.8, 4) is 0 Å². The van der Waals surface area contributed by atoms with Gasteiger partial charge in [-0.3, -0.25) is 4.79 Å². The van der Waals surface area contributed by atoms with Gasteiger partial charge in [-0.1, -0.05) is 24.3 Å². The molecule has 2 aromatic carbocycles. The van der Waals surface area contributed by atoms with Crippen LogP contribution in [0.3, 0.4) is 0 Å². The molecule has 4 nitrogen and oxygen atoms in total. The van der Waals surface area contributed by atoms with Crippen LogP contribution >= 0.6 is 0 Å². The lowest BCUT2D eigenvalue weighted by Gasteiger charge is -2.37. The summed E-state index contributed by atoms with van der Waals surface area (Å²) in [5.41, 5.74) is 1.46. The molecule has 2 aliphatic rings. The second kappa shape index (κ2) is 7.97. The third kappa shape index (κ3) is 3.80. The number of carbonyl (C=O) groups excluding carboxylic acids is 1. The summed E-state index contributed by atoms with van der Waals surface area (Å²) in [6, 6.07) is 12.0. The van der Waals surface area contributed by atoms with Crippen LogP contribution in [0.2, 0.25) is 0 Å². The fourth-order valence-corrected chi connectivity index (χ4v) is 4.20. The number of ether oxygens (including phenoxy) is 3. The number of fused-ring (bicyclic) bond motifs is 2. The van der Waals surface area contributed by atoms with Crippen molar-refractivity contribution in [2.45, 2.75) is 43.7 Å². The van der Waals surface area contributed by atoms with Crippen LogP contribution in [0.1, 0.15) is 36.5 Å². The Morgan fingerprint density at radius 3 is 2.11 bits per heavy atom. The van der Waals surface area contributed by atoms with E-state index < -0.39 is 18.1 Å². The van der Waals surface area contributed by atoms with Gasteiger partial charge >= 0.3 is 5.97 Å². The Hall–Kier alpha value is -2.31. The molecule has 2 fully saturated rings. The number of rotatable bonds is 5. The third-order valence-electron chi connectivity index (χ3n) is 5.57. The van der Waals surface area contributed by atoms with Crippen molar-refractivity contribution < 1.29 is 27.8 Å². The first-order valence-corrected chi connectivity index (χ1v) is 9.45. The highest BCUT2D eigenvalue weighted by Crippen LogP contribution is 2.41. The number of benzene rings is 2. The lowest BCUT2D eigenvalue weighted by Crippen LogP contribution is -2.45. The first kappa shape index (κ1) is 19.0. The van der Waals surface area contributed by atoms with E-state index in [4.69, 9.17) is 14.2 Å². The van der Waals surface area contributed by atoms with Gasteiger partial charge in [0.25, 0.3) is 0 Å². The Morgan fingerprint density at radius 2 is 1.57 bits per heavy atom. The Labute approximate surface area is 162 Å². The minimum Gasteiger partial charge on any atom is -0.469 e. The van der Waals surface area contributed by atoms with E-state index in [1.807, 2.05) is 0 Å². The van der Waals surface area contributed by atoms with Gasteiger partial charge in [-0.25, -0.2) is 8.78 Å². The molecule has 0 radical (unpaired) electrons. The molecule has 0 aromatic heterocycles. The lowest BCUT2D eigenvalue weighted by molar-refractivity contribution is -0.176. The molecule has 0 N–H and O–H groups in total. The molecule has 2 aromatic rings. The molecule has 2 saturated heterocycles. The van der Waals surface area contributed by atoms with Crippen LogP contribution in [0, 0.1) is 17.6 Å². The lowest BCUT2D eigenvalue weighted by atomic mass is 9.91. The Morgan fingerprint density at radius 1 is 1.00 bits per heavy atom. The van der Waals surface area contributed by atoms with Crippen LogP contribution < -0.4 is 0 Å². The zero-order chi connectivity index (χ0) is 19.7. The quantitative estimate of drug-likeness (QED) is 0.721. The van der Waals surface area contributed by atoms with Crippen molar-refractivity contribution in [2.75, 3.05) is 7.11 Å². The maximum absolute atomic E-state index is 13.4. The van der Waals surface area contributed by atoms with Gasteiger partial charge in [0.05, 0.1) is 25.4 Å². The molecule has 2 bridgehead atoms. The summed E-state index contributed by atoms with van der Waals surface area (Å²) < 4.78 is 44.2. The van der Waals surface area contributed by atoms with E-state index >= 15 is 0 Å². The van der Waals surface area contributed by atoms with Crippen molar-refractivity contribution in [3.05, 3.63) is 71.3 Å². The standard InChI is InChI=1S/C22H22F2O4/c1-26-22(25)20-18-11-10-17(27-18)12-19(20)28-21(13-2-6-15(23)7-3-13)14-4-8-16(24)9-5-14/h2-9,17-21H,10-12H2,1H3/t17?,18?,19-,20-/m1/s1. The molecule has 0 spiro atoms. The first-order chi connectivity index (χ1) is 13.5. The van der Waals surface area contributed by atoms with Crippen LogP contribution in [0.4, 0.5) is 8.78 Å². The average Bonchev–Trinajstić information content (AvgIpc) is 3.08. The monoisotopic (exact) mass is 388 g/mol. The van der Waals surface area contributed by atoms with Gasteiger partial charge in [-0.05, 0) is 48.2 Å². The van der Waals surface area contributed by atoms with Crippen LogP contribution in [0.15, 0.2) is 48.5 Å². The van der Waals surface area contributed by atoms with Crippen molar-refractivity contribution >= 4 is 5.97 Å². The summed E-state index contributed by atoms with van der Waals surface area (Å²) in [6.45, 7) is 0. The predicted octanol–water partition coefficient (Wildman–Crippen LogP) is 4.18. The summed E-state index contributed by atoms with van der Waals surface area (Å²) in [4.78, 5) is 12.4. The Kier molecular flexibility index (Phi) is 5.42. The highest BCUT2D eigenvalue weighted by Gasteiger charge is 2.48. The van der Waals surface area contributed by atoms with Crippen molar-refractivity contribution in [1.82, 2.24) is 0 Å². The molecular weight excluding hydrogens is 366 g/mol. The van der Waals surface area contributed by atoms with E-state index in [1.165, 1.54) is 31.4 Å². The number of esters is 1. The minimum absolute atomic E-state index is 0.0537. The van der Waals surface area contributed by atoms with E-state index in [9.17, 15) is 13.6 Å². The topological polar surface area (TPSA) is 44.8 Å². The SMILES string of the molecule is COC(=O)[C@@H]1C2CCC(C[C@H]1OC(c1ccc(F)cc1)c1ccc(F)cc1)O2. The number of hydrogen-bond acceptors (Lipinski definition) is 4. The molecule has 2 heterocycles. The smallest absolute Gasteiger partial charge is 0.313 e. The van der Waals surface area contributed by atoms with Crippen LogP contribution in [0.25, 0.3) is 0 Å². The summed E-state index contributed by atoms with van der Waals surface area (Å²) in [7, 11) is 1.36. The van der Waals surface area contributed by atoms with Gasteiger partial charge in [0.1, 0.15) is 23.7 Å². The summed E-state index contributed by atoms with van der Waals surface area (Å²) >= 11 is 0. The van der Waals surface area contributed by atoms with E-state index in [1.54, 1.807) is 24.3 Å². The van der Waals surface area contributed by atoms with Gasteiger partial charge in [0, 0.05) is 6.42 Å². The van der Waals surface area contributed by atoms with Crippen LogP contribution in [0.5, 0.6) is 0 Å². The number of halogens is 2. The summed E-state index contributed by atoms with van der Waals surface area (Å²) in [6.07, 6.45) is 1.12. The second-order valence-corrected chi connectivity index (χ2v) is 7.32. The molecule has 0 aliphatic carbocycles. The number of carbonyl (C=O) groups is 1. The molecular formula is C22H22F2O4. The molecule has 0 amide bonds. The summed E-state index contributed by atoms with van der Waals surface area (Å²) in [5.74, 6) is -1.57. The van der Waals surface area contributed by atoms with E-state index in [2.05, 4.69) is 0 Å². The first-order valence-electron chi connectivity index (χ1n) is 9.45. The molecule has 2 unspecified atom stereocenters. The molecule has 2 aliphatic heterocycles. The van der Waals surface area contributed by atoms with Crippen molar-refractivity contribution in [3.63, 3.8) is 0 Å². The Bertz CT molecular complexity index is 776. The van der Waals surface area contributed by atoms with Crippen LogP contribution in [-0.4, -0.2) is 31.4 Å². The number of methoxy groups -OCH3 is 1. The van der Waals surface area contributed by atoms with Gasteiger partial charge < -0.3 is 14.2 Å². The molecule has 6 heteroatoms. The highest BCUT2D eigenvalue weighted by molar-refractivity contribution is 5.74. The molecule has 4 rings (SSSR count). The van der Waals surface area contributed by atoms with E-state index in [-0.39, 0.29) is 29.8 Å². The minimum atomic E-state index is -0.559. The van der Waals surface area contributed by atoms with Gasteiger partial charge in [0.2, 0.25) is 0 Å².